The van der Waals surface area contributed by atoms with Gasteiger partial charge in [0.1, 0.15) is 0 Å². The van der Waals surface area contributed by atoms with Crippen molar-refractivity contribution in [3.8, 4) is 5.88 Å². The third-order valence-electron chi connectivity index (χ3n) is 6.09. The molecule has 1 aromatic heterocycles. The third-order valence-corrected chi connectivity index (χ3v) is 6.09. The van der Waals surface area contributed by atoms with Gasteiger partial charge in [-0.2, -0.15) is 0 Å². The summed E-state index contributed by atoms with van der Waals surface area (Å²) < 4.78 is 9.61. The van der Waals surface area contributed by atoms with Gasteiger partial charge in [-0.3, -0.25) is 0 Å². The van der Waals surface area contributed by atoms with Gasteiger partial charge < -0.3 is 14.4 Å². The van der Waals surface area contributed by atoms with E-state index < -0.39 is 6.16 Å². The van der Waals surface area contributed by atoms with E-state index in [-0.39, 0.29) is 16.7 Å². The average molecular weight is 355 g/mol. The maximum atomic E-state index is 10.6. The zero-order valence-corrected chi connectivity index (χ0v) is 16.1. The number of aromatic nitrogens is 1. The molecule has 1 heterocycles. The van der Waals surface area contributed by atoms with Crippen molar-refractivity contribution in [1.82, 2.24) is 5.16 Å². The molecule has 5 heteroatoms. The Kier molecular flexibility index (Phi) is 4.21. The number of hydrogen-bond donors (Lipinski definition) is 1. The number of rotatable bonds is 3. The molecule has 138 valence electrons. The zero-order valence-electron chi connectivity index (χ0n) is 16.1. The van der Waals surface area contributed by atoms with Crippen molar-refractivity contribution in [2.75, 3.05) is 0 Å². The molecule has 0 bridgehead atoms. The van der Waals surface area contributed by atoms with Crippen LogP contribution in [0.2, 0.25) is 0 Å². The zero-order chi connectivity index (χ0) is 19.3. The van der Waals surface area contributed by atoms with Crippen LogP contribution in [-0.4, -0.2) is 16.4 Å². The van der Waals surface area contributed by atoms with Gasteiger partial charge in [0, 0.05) is 6.07 Å². The molecule has 0 fully saturated rings. The van der Waals surface area contributed by atoms with E-state index in [0.717, 1.165) is 11.1 Å². The molecule has 0 saturated heterocycles. The van der Waals surface area contributed by atoms with E-state index in [1.165, 1.54) is 17.2 Å². The number of benzene rings is 1. The Hall–Kier alpha value is -2.56. The Labute approximate surface area is 153 Å². The highest BCUT2D eigenvalue weighted by molar-refractivity contribution is 5.79. The number of hydrogen-bond acceptors (Lipinski definition) is 4. The first-order valence-electron chi connectivity index (χ1n) is 8.74. The fourth-order valence-corrected chi connectivity index (χ4v) is 4.03. The predicted molar refractivity (Wildman–Crippen MR) is 100 cm³/mol. The molecule has 26 heavy (non-hydrogen) atoms. The van der Waals surface area contributed by atoms with Gasteiger partial charge in [-0.05, 0) is 57.2 Å². The van der Waals surface area contributed by atoms with Crippen molar-refractivity contribution in [3.05, 3.63) is 46.7 Å². The number of nitrogens with zero attached hydrogens (tertiary/aromatic N) is 1. The van der Waals surface area contributed by atoms with Crippen molar-refractivity contribution < 1.29 is 19.2 Å². The predicted octanol–water partition coefficient (Wildman–Crippen LogP) is 5.50. The molecule has 1 aliphatic carbocycles. The number of carbonyl (C=O) groups is 1. The van der Waals surface area contributed by atoms with Gasteiger partial charge in [-0.15, -0.1) is 0 Å². The lowest BCUT2D eigenvalue weighted by Crippen LogP contribution is -2.30. The SMILES string of the molecule is C/C(=C\c1cc(OC(=O)O)no1)c1ccc2c(c1)C(C)(C)C(C)C2(C)C. The maximum absolute atomic E-state index is 10.6. The van der Waals surface area contributed by atoms with Gasteiger partial charge in [0.15, 0.2) is 5.76 Å². The van der Waals surface area contributed by atoms with Crippen LogP contribution < -0.4 is 4.74 Å². The molecule has 5 nitrogen and oxygen atoms in total. The van der Waals surface area contributed by atoms with E-state index in [2.05, 4.69) is 62.7 Å². The Morgan fingerprint density at radius 2 is 1.85 bits per heavy atom. The summed E-state index contributed by atoms with van der Waals surface area (Å²) in [7, 11) is 0. The molecule has 0 spiro atoms. The van der Waals surface area contributed by atoms with Crippen LogP contribution in [0.5, 0.6) is 5.88 Å². The standard InChI is InChI=1S/C21H25NO4/c1-12(9-15-11-18(22-26-15)25-19(23)24)14-7-8-16-17(10-14)21(5,6)13(2)20(16,3)4/h7-11,13H,1-6H3,(H,23,24)/b12-9+. The van der Waals surface area contributed by atoms with Crippen molar-refractivity contribution in [2.24, 2.45) is 5.92 Å². The van der Waals surface area contributed by atoms with E-state index >= 15 is 0 Å². The second kappa shape index (κ2) is 6.01. The molecule has 1 aromatic carbocycles. The lowest BCUT2D eigenvalue weighted by molar-refractivity contribution is 0.140. The molecule has 1 N–H and O–H groups in total. The van der Waals surface area contributed by atoms with Crippen molar-refractivity contribution in [1.29, 1.82) is 0 Å². The fourth-order valence-electron chi connectivity index (χ4n) is 4.03. The van der Waals surface area contributed by atoms with Crippen molar-refractivity contribution in [3.63, 3.8) is 0 Å². The lowest BCUT2D eigenvalue weighted by atomic mass is 9.71. The number of allylic oxidation sites excluding steroid dienone is 1. The third kappa shape index (κ3) is 2.91. The molecule has 3 rings (SSSR count). The van der Waals surface area contributed by atoms with Gasteiger partial charge >= 0.3 is 6.16 Å². The molecule has 1 unspecified atom stereocenters. The summed E-state index contributed by atoms with van der Waals surface area (Å²) in [6, 6.07) is 8.08. The van der Waals surface area contributed by atoms with Crippen LogP contribution in [0.15, 0.2) is 28.8 Å². The summed E-state index contributed by atoms with van der Waals surface area (Å²) in [5.41, 5.74) is 5.15. The Bertz CT molecular complexity index is 889. The highest BCUT2D eigenvalue weighted by Gasteiger charge is 2.48. The minimum absolute atomic E-state index is 0.0674. The van der Waals surface area contributed by atoms with Crippen LogP contribution in [0.3, 0.4) is 0 Å². The molecule has 1 atom stereocenters. The number of ether oxygens (including phenoxy) is 1. The second-order valence-corrected chi connectivity index (χ2v) is 8.19. The van der Waals surface area contributed by atoms with Crippen LogP contribution in [0.4, 0.5) is 4.79 Å². The normalized spacial score (nSPS) is 20.7. The lowest BCUT2D eigenvalue weighted by Gasteiger charge is -2.32. The van der Waals surface area contributed by atoms with Crippen LogP contribution in [0.1, 0.15) is 64.0 Å². The monoisotopic (exact) mass is 355 g/mol. The molecule has 0 radical (unpaired) electrons. The molecule has 0 aliphatic heterocycles. The van der Waals surface area contributed by atoms with Crippen molar-refractivity contribution >= 4 is 17.8 Å². The first-order chi connectivity index (χ1) is 12.0. The number of fused-ring (bicyclic) bond motifs is 1. The molecular formula is C21H25NO4. The van der Waals surface area contributed by atoms with E-state index in [1.54, 1.807) is 0 Å². The summed E-state index contributed by atoms with van der Waals surface area (Å²) in [5.74, 6) is 0.920. The van der Waals surface area contributed by atoms with Crippen molar-refractivity contribution in [2.45, 2.75) is 52.4 Å². The Balaban J connectivity index is 1.95. The Morgan fingerprint density at radius 3 is 2.50 bits per heavy atom. The summed E-state index contributed by atoms with van der Waals surface area (Å²) in [5, 5.41) is 12.2. The molecule has 0 saturated carbocycles. The second-order valence-electron chi connectivity index (χ2n) is 8.19. The highest BCUT2D eigenvalue weighted by atomic mass is 16.7. The van der Waals surface area contributed by atoms with E-state index in [0.29, 0.717) is 11.7 Å². The first kappa shape index (κ1) is 18.2. The minimum Gasteiger partial charge on any atom is -0.449 e. The average Bonchev–Trinajstić information content (AvgIpc) is 3.03. The summed E-state index contributed by atoms with van der Waals surface area (Å²) in [6.45, 7) is 13.6. The largest absolute Gasteiger partial charge is 0.512 e. The topological polar surface area (TPSA) is 72.6 Å². The van der Waals surface area contributed by atoms with Gasteiger partial charge in [0.05, 0.1) is 0 Å². The van der Waals surface area contributed by atoms with Crippen LogP contribution >= 0.6 is 0 Å². The van der Waals surface area contributed by atoms with Gasteiger partial charge in [0.2, 0.25) is 0 Å². The summed E-state index contributed by atoms with van der Waals surface area (Å²) >= 11 is 0. The van der Waals surface area contributed by atoms with Crippen LogP contribution in [0, 0.1) is 5.92 Å². The molecule has 0 amide bonds. The highest BCUT2D eigenvalue weighted by Crippen LogP contribution is 2.53. The molecule has 2 aromatic rings. The first-order valence-corrected chi connectivity index (χ1v) is 8.74. The Morgan fingerprint density at radius 1 is 1.19 bits per heavy atom. The summed E-state index contributed by atoms with van der Waals surface area (Å²) in [6.07, 6.45) is 0.420. The van der Waals surface area contributed by atoms with Gasteiger partial charge in [-0.1, -0.05) is 52.8 Å². The number of carboxylic acid groups (broad SMARTS) is 1. The fraction of sp³-hybridized carbons (Fsp3) is 0.429. The van der Waals surface area contributed by atoms with E-state index in [9.17, 15) is 4.79 Å². The van der Waals surface area contributed by atoms with Crippen LogP contribution in [-0.2, 0) is 10.8 Å². The minimum atomic E-state index is -1.41. The van der Waals surface area contributed by atoms with E-state index in [4.69, 9.17) is 9.63 Å². The maximum Gasteiger partial charge on any atom is 0.512 e. The van der Waals surface area contributed by atoms with Gasteiger partial charge in [-0.25, -0.2) is 4.79 Å². The summed E-state index contributed by atoms with van der Waals surface area (Å²) in [4.78, 5) is 10.6. The molecule has 1 aliphatic rings. The smallest absolute Gasteiger partial charge is 0.449 e. The van der Waals surface area contributed by atoms with E-state index in [1.807, 2.05) is 13.0 Å². The quantitative estimate of drug-likeness (QED) is 0.736. The van der Waals surface area contributed by atoms with Gasteiger partial charge in [0.25, 0.3) is 5.88 Å². The van der Waals surface area contributed by atoms with Crippen LogP contribution in [0.25, 0.3) is 11.6 Å². The molecular weight excluding hydrogens is 330 g/mol.